The number of carbonyl (C=O) groups excluding carboxylic acids is 1. The number of para-hydroxylation sites is 1. The molecule has 94 valence electrons. The topological polar surface area (TPSA) is 46.9 Å². The van der Waals surface area contributed by atoms with E-state index in [2.05, 4.69) is 10.3 Å². The Morgan fingerprint density at radius 2 is 2.22 bits per heavy atom. The Morgan fingerprint density at radius 3 is 2.89 bits per heavy atom. The van der Waals surface area contributed by atoms with Crippen LogP contribution in [0.2, 0.25) is 0 Å². The second-order valence-electron chi connectivity index (χ2n) is 4.43. The molecule has 0 aliphatic carbocycles. The SMILES string of the molecule is Cc1ccccc1NC(=O)CC(C)n1ccnc1. The van der Waals surface area contributed by atoms with Crippen LogP contribution in [-0.4, -0.2) is 15.5 Å². The minimum Gasteiger partial charge on any atom is -0.334 e. The number of hydrogen-bond donors (Lipinski definition) is 1. The average molecular weight is 243 g/mol. The number of amides is 1. The van der Waals surface area contributed by atoms with Crippen molar-refractivity contribution in [3.63, 3.8) is 0 Å². The van der Waals surface area contributed by atoms with Crippen LogP contribution in [0.5, 0.6) is 0 Å². The summed E-state index contributed by atoms with van der Waals surface area (Å²) in [6, 6.07) is 7.88. The molecule has 0 bridgehead atoms. The number of benzene rings is 1. The van der Waals surface area contributed by atoms with Crippen LogP contribution in [0.1, 0.15) is 24.9 Å². The summed E-state index contributed by atoms with van der Waals surface area (Å²) in [6.45, 7) is 3.98. The van der Waals surface area contributed by atoms with Crippen molar-refractivity contribution in [2.45, 2.75) is 26.3 Å². The maximum absolute atomic E-state index is 11.9. The normalized spacial score (nSPS) is 12.1. The lowest BCUT2D eigenvalue weighted by molar-refractivity contribution is -0.116. The first-order chi connectivity index (χ1) is 8.66. The van der Waals surface area contributed by atoms with E-state index in [4.69, 9.17) is 0 Å². The molecule has 18 heavy (non-hydrogen) atoms. The van der Waals surface area contributed by atoms with E-state index in [1.165, 1.54) is 0 Å². The lowest BCUT2D eigenvalue weighted by Gasteiger charge is -2.13. The predicted molar refractivity (Wildman–Crippen MR) is 71.4 cm³/mol. The fourth-order valence-corrected chi connectivity index (χ4v) is 1.82. The van der Waals surface area contributed by atoms with E-state index in [0.717, 1.165) is 11.3 Å². The minimum atomic E-state index is 0.0190. The van der Waals surface area contributed by atoms with E-state index in [9.17, 15) is 4.79 Å². The Labute approximate surface area is 107 Å². The van der Waals surface area contributed by atoms with Crippen molar-refractivity contribution in [3.8, 4) is 0 Å². The molecule has 0 spiro atoms. The Hall–Kier alpha value is -2.10. The molecule has 0 aliphatic rings. The van der Waals surface area contributed by atoms with Crippen LogP contribution in [-0.2, 0) is 4.79 Å². The number of nitrogens with zero attached hydrogens (tertiary/aromatic N) is 2. The van der Waals surface area contributed by atoms with Crippen molar-refractivity contribution in [2.24, 2.45) is 0 Å². The minimum absolute atomic E-state index is 0.0190. The fraction of sp³-hybridized carbons (Fsp3) is 0.286. The van der Waals surface area contributed by atoms with Gasteiger partial charge in [-0.05, 0) is 25.5 Å². The highest BCUT2D eigenvalue weighted by Crippen LogP contribution is 2.16. The third-order valence-electron chi connectivity index (χ3n) is 2.93. The van der Waals surface area contributed by atoms with Crippen molar-refractivity contribution in [1.29, 1.82) is 0 Å². The van der Waals surface area contributed by atoms with E-state index >= 15 is 0 Å². The third kappa shape index (κ3) is 2.97. The third-order valence-corrected chi connectivity index (χ3v) is 2.93. The standard InChI is InChI=1S/C14H17N3O/c1-11-5-3-4-6-13(11)16-14(18)9-12(2)17-8-7-15-10-17/h3-8,10,12H,9H2,1-2H3,(H,16,18). The second kappa shape index (κ2) is 5.49. The Bertz CT molecular complexity index is 520. The molecule has 1 amide bonds. The molecule has 1 N–H and O–H groups in total. The van der Waals surface area contributed by atoms with Gasteiger partial charge >= 0.3 is 0 Å². The van der Waals surface area contributed by atoms with Crippen LogP contribution in [0.25, 0.3) is 0 Å². The highest BCUT2D eigenvalue weighted by molar-refractivity contribution is 5.91. The number of imidazole rings is 1. The predicted octanol–water partition coefficient (Wildman–Crippen LogP) is 2.78. The number of aryl methyl sites for hydroxylation is 1. The second-order valence-corrected chi connectivity index (χ2v) is 4.43. The lowest BCUT2D eigenvalue weighted by Crippen LogP contribution is -2.17. The van der Waals surface area contributed by atoms with Gasteiger partial charge in [0.1, 0.15) is 0 Å². The molecule has 1 unspecified atom stereocenters. The smallest absolute Gasteiger partial charge is 0.226 e. The van der Waals surface area contributed by atoms with Crippen LogP contribution in [0.15, 0.2) is 43.0 Å². The van der Waals surface area contributed by atoms with Crippen molar-refractivity contribution in [1.82, 2.24) is 9.55 Å². The van der Waals surface area contributed by atoms with Crippen molar-refractivity contribution in [3.05, 3.63) is 48.5 Å². The number of hydrogen-bond acceptors (Lipinski definition) is 2. The van der Waals surface area contributed by atoms with Crippen LogP contribution in [0.4, 0.5) is 5.69 Å². The lowest BCUT2D eigenvalue weighted by atomic mass is 10.2. The van der Waals surface area contributed by atoms with Gasteiger partial charge < -0.3 is 9.88 Å². The molecule has 4 heteroatoms. The molecule has 0 saturated heterocycles. The molecule has 1 aromatic carbocycles. The summed E-state index contributed by atoms with van der Waals surface area (Å²) in [6.07, 6.45) is 5.75. The molecule has 1 atom stereocenters. The van der Waals surface area contributed by atoms with E-state index in [1.807, 2.05) is 48.9 Å². The first kappa shape index (κ1) is 12.4. The van der Waals surface area contributed by atoms with Gasteiger partial charge in [0, 0.05) is 30.5 Å². The summed E-state index contributed by atoms with van der Waals surface area (Å²) in [5.41, 5.74) is 1.95. The maximum atomic E-state index is 11.9. The maximum Gasteiger partial charge on any atom is 0.226 e. The zero-order valence-corrected chi connectivity index (χ0v) is 10.6. The van der Waals surface area contributed by atoms with Crippen LogP contribution >= 0.6 is 0 Å². The molecular weight excluding hydrogens is 226 g/mol. The fourth-order valence-electron chi connectivity index (χ4n) is 1.82. The number of rotatable bonds is 4. The Kier molecular flexibility index (Phi) is 3.77. The summed E-state index contributed by atoms with van der Waals surface area (Å²) < 4.78 is 1.93. The van der Waals surface area contributed by atoms with Crippen LogP contribution < -0.4 is 5.32 Å². The molecule has 2 rings (SSSR count). The molecule has 0 fully saturated rings. The Balaban J connectivity index is 1.95. The number of carbonyl (C=O) groups is 1. The van der Waals surface area contributed by atoms with Crippen molar-refractivity contribution >= 4 is 11.6 Å². The quantitative estimate of drug-likeness (QED) is 0.897. The van der Waals surface area contributed by atoms with Gasteiger partial charge in [0.15, 0.2) is 0 Å². The highest BCUT2D eigenvalue weighted by Gasteiger charge is 2.11. The van der Waals surface area contributed by atoms with Gasteiger partial charge in [-0.15, -0.1) is 0 Å². The molecule has 4 nitrogen and oxygen atoms in total. The zero-order chi connectivity index (χ0) is 13.0. The van der Waals surface area contributed by atoms with Gasteiger partial charge in [-0.3, -0.25) is 4.79 Å². The van der Waals surface area contributed by atoms with E-state index in [1.54, 1.807) is 12.5 Å². The van der Waals surface area contributed by atoms with Crippen LogP contribution in [0.3, 0.4) is 0 Å². The molecular formula is C14H17N3O. The summed E-state index contributed by atoms with van der Waals surface area (Å²) in [7, 11) is 0. The van der Waals surface area contributed by atoms with E-state index in [0.29, 0.717) is 6.42 Å². The van der Waals surface area contributed by atoms with Crippen molar-refractivity contribution < 1.29 is 4.79 Å². The molecule has 0 radical (unpaired) electrons. The van der Waals surface area contributed by atoms with Gasteiger partial charge in [-0.25, -0.2) is 4.98 Å². The Morgan fingerprint density at radius 1 is 1.44 bits per heavy atom. The highest BCUT2D eigenvalue weighted by atomic mass is 16.1. The molecule has 0 aliphatic heterocycles. The van der Waals surface area contributed by atoms with Gasteiger partial charge in [-0.2, -0.15) is 0 Å². The van der Waals surface area contributed by atoms with Gasteiger partial charge in [0.25, 0.3) is 0 Å². The summed E-state index contributed by atoms with van der Waals surface area (Å²) >= 11 is 0. The van der Waals surface area contributed by atoms with Gasteiger partial charge in [0.05, 0.1) is 6.33 Å². The first-order valence-corrected chi connectivity index (χ1v) is 5.99. The number of anilines is 1. The summed E-state index contributed by atoms with van der Waals surface area (Å²) in [5.74, 6) is 0.0190. The monoisotopic (exact) mass is 243 g/mol. The average Bonchev–Trinajstić information content (AvgIpc) is 2.85. The van der Waals surface area contributed by atoms with E-state index in [-0.39, 0.29) is 11.9 Å². The van der Waals surface area contributed by atoms with Crippen LogP contribution in [0, 0.1) is 6.92 Å². The number of aromatic nitrogens is 2. The summed E-state index contributed by atoms with van der Waals surface area (Å²) in [4.78, 5) is 15.9. The first-order valence-electron chi connectivity index (χ1n) is 5.99. The van der Waals surface area contributed by atoms with Crippen molar-refractivity contribution in [2.75, 3.05) is 5.32 Å². The zero-order valence-electron chi connectivity index (χ0n) is 10.6. The number of nitrogens with one attached hydrogen (secondary N) is 1. The molecule has 2 aromatic rings. The van der Waals surface area contributed by atoms with Gasteiger partial charge in [-0.1, -0.05) is 18.2 Å². The summed E-state index contributed by atoms with van der Waals surface area (Å²) in [5, 5.41) is 2.93. The molecule has 1 aromatic heterocycles. The molecule has 1 heterocycles. The van der Waals surface area contributed by atoms with Gasteiger partial charge in [0.2, 0.25) is 5.91 Å². The largest absolute Gasteiger partial charge is 0.334 e. The van der Waals surface area contributed by atoms with E-state index < -0.39 is 0 Å². The molecule has 0 saturated carbocycles.